The van der Waals surface area contributed by atoms with Gasteiger partial charge in [-0.1, -0.05) is 6.92 Å². The molecule has 98 valence electrons. The normalized spacial score (nSPS) is 27.3. The summed E-state index contributed by atoms with van der Waals surface area (Å²) in [5.41, 5.74) is 1.09. The van der Waals surface area contributed by atoms with E-state index >= 15 is 0 Å². The first-order valence-corrected chi connectivity index (χ1v) is 7.06. The third-order valence-corrected chi connectivity index (χ3v) is 4.23. The summed E-state index contributed by atoms with van der Waals surface area (Å²) in [6.07, 6.45) is 2.21. The van der Waals surface area contributed by atoms with Crippen LogP contribution in [0.5, 0.6) is 0 Å². The number of aromatic nitrogens is 2. The van der Waals surface area contributed by atoms with E-state index in [-0.39, 0.29) is 0 Å². The van der Waals surface area contributed by atoms with Crippen LogP contribution in [0.25, 0.3) is 0 Å². The Bertz CT molecular complexity index is 432. The molecule has 2 saturated heterocycles. The van der Waals surface area contributed by atoms with Crippen LogP contribution < -0.4 is 10.2 Å². The predicted molar refractivity (Wildman–Crippen MR) is 72.8 cm³/mol. The highest BCUT2D eigenvalue weighted by Crippen LogP contribution is 2.29. The third kappa shape index (κ3) is 2.21. The Balaban J connectivity index is 1.80. The van der Waals surface area contributed by atoms with Gasteiger partial charge >= 0.3 is 0 Å². The third-order valence-electron chi connectivity index (χ3n) is 4.23. The molecule has 0 amide bonds. The zero-order valence-electron chi connectivity index (χ0n) is 11.3. The van der Waals surface area contributed by atoms with Gasteiger partial charge in [0.2, 0.25) is 0 Å². The van der Waals surface area contributed by atoms with Gasteiger partial charge in [-0.25, -0.2) is 9.97 Å². The van der Waals surface area contributed by atoms with Gasteiger partial charge in [-0.2, -0.15) is 0 Å². The molecule has 0 spiro atoms. The molecule has 2 aliphatic heterocycles. The van der Waals surface area contributed by atoms with Gasteiger partial charge in [-0.05, 0) is 38.3 Å². The molecule has 1 aromatic heterocycles. The molecule has 2 aliphatic rings. The van der Waals surface area contributed by atoms with Crippen molar-refractivity contribution in [2.75, 3.05) is 31.1 Å². The Morgan fingerprint density at radius 3 is 3.00 bits per heavy atom. The van der Waals surface area contributed by atoms with E-state index in [1.165, 1.54) is 19.5 Å². The van der Waals surface area contributed by atoms with E-state index in [0.717, 1.165) is 48.7 Å². The van der Waals surface area contributed by atoms with E-state index in [1.54, 1.807) is 0 Å². The molecule has 0 radical (unpaired) electrons. The fourth-order valence-corrected chi connectivity index (χ4v) is 3.18. The quantitative estimate of drug-likeness (QED) is 0.856. The molecule has 3 heterocycles. The number of aryl methyl sites for hydroxylation is 2. The smallest absolute Gasteiger partial charge is 0.132 e. The number of fused-ring (bicyclic) bond motifs is 1. The molecule has 2 atom stereocenters. The Hall–Kier alpha value is -1.16. The zero-order valence-corrected chi connectivity index (χ0v) is 11.3. The lowest BCUT2D eigenvalue weighted by atomic mass is 9.89. The molecule has 0 bridgehead atoms. The van der Waals surface area contributed by atoms with Crippen molar-refractivity contribution >= 4 is 5.82 Å². The summed E-state index contributed by atoms with van der Waals surface area (Å²) in [6, 6.07) is 2.13. The summed E-state index contributed by atoms with van der Waals surface area (Å²) in [6.45, 7) is 8.85. The second-order valence-electron chi connectivity index (χ2n) is 5.55. The average Bonchev–Trinajstić information content (AvgIpc) is 2.85. The first kappa shape index (κ1) is 11.9. The molecule has 2 fully saturated rings. The van der Waals surface area contributed by atoms with E-state index < -0.39 is 0 Å². The minimum atomic E-state index is 0.805. The SMILES string of the molecule is CCc1nc(C)cc(N2CCC3CNCC3C2)n1. The van der Waals surface area contributed by atoms with Gasteiger partial charge in [0.05, 0.1) is 0 Å². The zero-order chi connectivity index (χ0) is 12.5. The lowest BCUT2D eigenvalue weighted by Crippen LogP contribution is -2.40. The maximum absolute atomic E-state index is 4.68. The summed E-state index contributed by atoms with van der Waals surface area (Å²) in [4.78, 5) is 11.6. The number of nitrogens with zero attached hydrogens (tertiary/aromatic N) is 3. The van der Waals surface area contributed by atoms with Crippen molar-refractivity contribution in [3.63, 3.8) is 0 Å². The minimum absolute atomic E-state index is 0.805. The summed E-state index contributed by atoms with van der Waals surface area (Å²) in [7, 11) is 0. The molecule has 2 unspecified atom stereocenters. The Kier molecular flexibility index (Phi) is 3.20. The Labute approximate surface area is 109 Å². The van der Waals surface area contributed by atoms with Crippen LogP contribution in [0, 0.1) is 18.8 Å². The molecule has 4 nitrogen and oxygen atoms in total. The maximum Gasteiger partial charge on any atom is 0.132 e. The molecule has 1 N–H and O–H groups in total. The monoisotopic (exact) mass is 246 g/mol. The van der Waals surface area contributed by atoms with Gasteiger partial charge in [0, 0.05) is 31.3 Å². The molecule has 0 saturated carbocycles. The number of piperidine rings is 1. The Morgan fingerprint density at radius 1 is 1.33 bits per heavy atom. The minimum Gasteiger partial charge on any atom is -0.356 e. The molecule has 0 aromatic carbocycles. The van der Waals surface area contributed by atoms with Crippen LogP contribution in [-0.2, 0) is 6.42 Å². The first-order valence-electron chi connectivity index (χ1n) is 7.06. The van der Waals surface area contributed by atoms with E-state index in [2.05, 4.69) is 40.1 Å². The predicted octanol–water partition coefficient (Wildman–Crippen LogP) is 1.39. The van der Waals surface area contributed by atoms with Gasteiger partial charge < -0.3 is 10.2 Å². The van der Waals surface area contributed by atoms with Gasteiger partial charge in [0.15, 0.2) is 0 Å². The van der Waals surface area contributed by atoms with Gasteiger partial charge in [0.1, 0.15) is 11.6 Å². The topological polar surface area (TPSA) is 41.1 Å². The van der Waals surface area contributed by atoms with Crippen molar-refractivity contribution in [2.24, 2.45) is 11.8 Å². The number of rotatable bonds is 2. The van der Waals surface area contributed by atoms with Crippen LogP contribution in [0.4, 0.5) is 5.82 Å². The van der Waals surface area contributed by atoms with Crippen molar-refractivity contribution in [3.05, 3.63) is 17.6 Å². The molecule has 1 aromatic rings. The lowest BCUT2D eigenvalue weighted by Gasteiger charge is -2.35. The summed E-state index contributed by atoms with van der Waals surface area (Å²) < 4.78 is 0. The highest BCUT2D eigenvalue weighted by molar-refractivity contribution is 5.40. The largest absolute Gasteiger partial charge is 0.356 e. The van der Waals surface area contributed by atoms with Crippen molar-refractivity contribution in [1.29, 1.82) is 0 Å². The van der Waals surface area contributed by atoms with E-state index in [1.807, 2.05) is 0 Å². The fourth-order valence-electron chi connectivity index (χ4n) is 3.18. The number of hydrogen-bond donors (Lipinski definition) is 1. The molecular weight excluding hydrogens is 224 g/mol. The molecule has 4 heteroatoms. The second-order valence-corrected chi connectivity index (χ2v) is 5.55. The summed E-state index contributed by atoms with van der Waals surface area (Å²) in [5.74, 6) is 3.79. The van der Waals surface area contributed by atoms with Gasteiger partial charge in [0.25, 0.3) is 0 Å². The average molecular weight is 246 g/mol. The number of hydrogen-bond acceptors (Lipinski definition) is 4. The molecule has 18 heavy (non-hydrogen) atoms. The standard InChI is InChI=1S/C14H22N4/c1-3-13-16-10(2)6-14(17-13)18-5-4-11-7-15-8-12(11)9-18/h6,11-12,15H,3-5,7-9H2,1-2H3. The summed E-state index contributed by atoms with van der Waals surface area (Å²) in [5, 5.41) is 3.51. The second kappa shape index (κ2) is 4.84. The summed E-state index contributed by atoms with van der Waals surface area (Å²) >= 11 is 0. The van der Waals surface area contributed by atoms with E-state index in [0.29, 0.717) is 0 Å². The molecular formula is C14H22N4. The van der Waals surface area contributed by atoms with Crippen LogP contribution in [0.1, 0.15) is 24.9 Å². The van der Waals surface area contributed by atoms with E-state index in [9.17, 15) is 0 Å². The van der Waals surface area contributed by atoms with Crippen LogP contribution in [-0.4, -0.2) is 36.1 Å². The van der Waals surface area contributed by atoms with Crippen molar-refractivity contribution < 1.29 is 0 Å². The highest BCUT2D eigenvalue weighted by atomic mass is 15.2. The van der Waals surface area contributed by atoms with Crippen LogP contribution in [0.15, 0.2) is 6.07 Å². The van der Waals surface area contributed by atoms with Crippen LogP contribution >= 0.6 is 0 Å². The fraction of sp³-hybridized carbons (Fsp3) is 0.714. The number of anilines is 1. The van der Waals surface area contributed by atoms with Crippen molar-refractivity contribution in [1.82, 2.24) is 15.3 Å². The van der Waals surface area contributed by atoms with Gasteiger partial charge in [-0.3, -0.25) is 0 Å². The highest BCUT2D eigenvalue weighted by Gasteiger charge is 2.33. The Morgan fingerprint density at radius 2 is 2.17 bits per heavy atom. The van der Waals surface area contributed by atoms with Crippen LogP contribution in [0.2, 0.25) is 0 Å². The van der Waals surface area contributed by atoms with E-state index in [4.69, 9.17) is 0 Å². The van der Waals surface area contributed by atoms with Crippen LogP contribution in [0.3, 0.4) is 0 Å². The van der Waals surface area contributed by atoms with Crippen molar-refractivity contribution in [3.8, 4) is 0 Å². The molecule has 0 aliphatic carbocycles. The maximum atomic E-state index is 4.68. The lowest BCUT2D eigenvalue weighted by molar-refractivity contribution is 0.347. The molecule has 3 rings (SSSR count). The number of nitrogens with one attached hydrogen (secondary N) is 1. The first-order chi connectivity index (χ1) is 8.76. The van der Waals surface area contributed by atoms with Gasteiger partial charge in [-0.15, -0.1) is 0 Å². The van der Waals surface area contributed by atoms with Crippen molar-refractivity contribution in [2.45, 2.75) is 26.7 Å².